The van der Waals surface area contributed by atoms with Gasteiger partial charge in [-0.05, 0) is 59.1 Å². The molecule has 0 fully saturated rings. The number of carbonyl (C=O) groups excluding carboxylic acids is 1. The third kappa shape index (κ3) is 4.87. The maximum Gasteiger partial charge on any atom is 0.280 e. The number of hydrogen-bond donors (Lipinski definition) is 0. The number of carbonyl (C=O) groups is 1. The zero-order chi connectivity index (χ0) is 19.6. The fourth-order valence-electron chi connectivity index (χ4n) is 2.73. The lowest BCUT2D eigenvalue weighted by Gasteiger charge is -2.20. The predicted octanol–water partition coefficient (Wildman–Crippen LogP) is 4.23. The van der Waals surface area contributed by atoms with Crippen LogP contribution in [0.1, 0.15) is 36.8 Å². The van der Waals surface area contributed by atoms with Gasteiger partial charge in [-0.25, -0.2) is 9.37 Å². The molecule has 0 aliphatic heterocycles. The molecular weight excluding hydrogens is 401 g/mol. The SMILES string of the molecule is CC(C)n1ccc(C(=O)N(CCCN(C)C)c2nc3c(F)cccc3s2)n1.Cl. The lowest BCUT2D eigenvalue weighted by atomic mass is 10.3. The van der Waals surface area contributed by atoms with Crippen molar-refractivity contribution in [3.63, 3.8) is 0 Å². The summed E-state index contributed by atoms with van der Waals surface area (Å²) < 4.78 is 16.5. The monoisotopic (exact) mass is 425 g/mol. The minimum Gasteiger partial charge on any atom is -0.309 e. The van der Waals surface area contributed by atoms with Gasteiger partial charge in [-0.2, -0.15) is 5.10 Å². The highest BCUT2D eigenvalue weighted by atomic mass is 35.5. The molecule has 0 N–H and O–H groups in total. The van der Waals surface area contributed by atoms with Gasteiger partial charge < -0.3 is 4.90 Å². The third-order valence-electron chi connectivity index (χ3n) is 4.18. The van der Waals surface area contributed by atoms with E-state index in [0.717, 1.165) is 17.7 Å². The van der Waals surface area contributed by atoms with Crippen molar-refractivity contribution < 1.29 is 9.18 Å². The molecule has 0 unspecified atom stereocenters. The highest BCUT2D eigenvalue weighted by Crippen LogP contribution is 2.31. The van der Waals surface area contributed by atoms with E-state index in [9.17, 15) is 9.18 Å². The van der Waals surface area contributed by atoms with E-state index in [4.69, 9.17) is 0 Å². The van der Waals surface area contributed by atoms with Crippen molar-refractivity contribution in [2.45, 2.75) is 26.3 Å². The first kappa shape index (κ1) is 22.3. The van der Waals surface area contributed by atoms with E-state index in [1.54, 1.807) is 27.9 Å². The van der Waals surface area contributed by atoms with Gasteiger partial charge in [0.05, 0.1) is 4.70 Å². The summed E-state index contributed by atoms with van der Waals surface area (Å²) in [4.78, 5) is 21.2. The summed E-state index contributed by atoms with van der Waals surface area (Å²) in [7, 11) is 3.98. The normalized spacial score (nSPS) is 11.2. The zero-order valence-electron chi connectivity index (χ0n) is 16.4. The molecule has 0 aliphatic carbocycles. The lowest BCUT2D eigenvalue weighted by Crippen LogP contribution is -2.33. The topological polar surface area (TPSA) is 54.3 Å². The number of para-hydroxylation sites is 1. The number of anilines is 1. The second-order valence-electron chi connectivity index (χ2n) is 6.97. The quantitative estimate of drug-likeness (QED) is 0.568. The highest BCUT2D eigenvalue weighted by molar-refractivity contribution is 7.22. The van der Waals surface area contributed by atoms with Crippen LogP contribution in [0.2, 0.25) is 0 Å². The molecule has 9 heteroatoms. The van der Waals surface area contributed by atoms with E-state index >= 15 is 0 Å². The summed E-state index contributed by atoms with van der Waals surface area (Å²) in [5.41, 5.74) is 0.670. The summed E-state index contributed by atoms with van der Waals surface area (Å²) in [6.45, 7) is 5.34. The van der Waals surface area contributed by atoms with E-state index in [1.165, 1.54) is 17.4 Å². The largest absolute Gasteiger partial charge is 0.309 e. The minimum absolute atomic E-state index is 0. The maximum absolute atomic E-state index is 14.1. The van der Waals surface area contributed by atoms with E-state index < -0.39 is 0 Å². The van der Waals surface area contributed by atoms with Crippen LogP contribution in [0, 0.1) is 5.82 Å². The molecule has 0 atom stereocenters. The molecule has 28 heavy (non-hydrogen) atoms. The van der Waals surface area contributed by atoms with Crippen LogP contribution in [-0.4, -0.2) is 52.8 Å². The van der Waals surface area contributed by atoms with Crippen LogP contribution in [-0.2, 0) is 0 Å². The molecule has 1 aromatic carbocycles. The Balaban J connectivity index is 0.00000280. The number of benzene rings is 1. The van der Waals surface area contributed by atoms with Crippen molar-refractivity contribution in [3.05, 3.63) is 42.0 Å². The Morgan fingerprint density at radius 1 is 1.25 bits per heavy atom. The van der Waals surface area contributed by atoms with Gasteiger partial charge in [0, 0.05) is 18.8 Å². The second-order valence-corrected chi connectivity index (χ2v) is 7.98. The summed E-state index contributed by atoms with van der Waals surface area (Å²) >= 11 is 1.32. The average molecular weight is 426 g/mol. The van der Waals surface area contributed by atoms with E-state index in [1.807, 2.05) is 34.0 Å². The average Bonchev–Trinajstić information content (AvgIpc) is 3.25. The molecule has 2 heterocycles. The molecule has 2 aromatic heterocycles. The molecule has 0 aliphatic rings. The van der Waals surface area contributed by atoms with Crippen molar-refractivity contribution in [1.29, 1.82) is 0 Å². The number of fused-ring (bicyclic) bond motifs is 1. The van der Waals surface area contributed by atoms with Gasteiger partial charge in [-0.3, -0.25) is 14.4 Å². The highest BCUT2D eigenvalue weighted by Gasteiger charge is 2.24. The van der Waals surface area contributed by atoms with Gasteiger partial charge in [0.25, 0.3) is 5.91 Å². The van der Waals surface area contributed by atoms with Gasteiger partial charge in [0.2, 0.25) is 0 Å². The number of rotatable bonds is 7. The van der Waals surface area contributed by atoms with Crippen LogP contribution in [0.5, 0.6) is 0 Å². The summed E-state index contributed by atoms with van der Waals surface area (Å²) in [6, 6.07) is 6.74. The standard InChI is InChI=1S/C19H24FN5OS.ClH/c1-13(2)25-12-9-15(22-25)18(26)24(11-6-10-23(3)4)19-21-17-14(20)7-5-8-16(17)27-19;/h5,7-9,12-13H,6,10-11H2,1-4H3;1H. The molecule has 3 rings (SSSR count). The summed E-state index contributed by atoms with van der Waals surface area (Å²) in [6.07, 6.45) is 2.58. The van der Waals surface area contributed by atoms with Gasteiger partial charge >= 0.3 is 0 Å². The van der Waals surface area contributed by atoms with E-state index in [0.29, 0.717) is 22.9 Å². The van der Waals surface area contributed by atoms with Crippen molar-refractivity contribution in [3.8, 4) is 0 Å². The maximum atomic E-state index is 14.1. The first-order chi connectivity index (χ1) is 12.9. The van der Waals surface area contributed by atoms with Gasteiger partial charge in [-0.15, -0.1) is 12.4 Å². The van der Waals surface area contributed by atoms with Crippen molar-refractivity contribution in [2.75, 3.05) is 32.1 Å². The summed E-state index contributed by atoms with van der Waals surface area (Å²) in [5.74, 6) is -0.590. The molecule has 0 spiro atoms. The number of aromatic nitrogens is 3. The first-order valence-corrected chi connectivity index (χ1v) is 9.75. The van der Waals surface area contributed by atoms with Crippen LogP contribution in [0.15, 0.2) is 30.5 Å². The van der Waals surface area contributed by atoms with Crippen molar-refractivity contribution in [2.24, 2.45) is 0 Å². The molecule has 6 nitrogen and oxygen atoms in total. The molecule has 0 saturated carbocycles. The second kappa shape index (κ2) is 9.45. The van der Waals surface area contributed by atoms with Crippen LogP contribution in [0.3, 0.4) is 0 Å². The summed E-state index contributed by atoms with van der Waals surface area (Å²) in [5, 5.41) is 4.89. The van der Waals surface area contributed by atoms with Gasteiger partial charge in [0.1, 0.15) is 11.3 Å². The number of halogens is 2. The van der Waals surface area contributed by atoms with Crippen LogP contribution in [0.4, 0.5) is 9.52 Å². The number of hydrogen-bond acceptors (Lipinski definition) is 5. The molecule has 152 valence electrons. The first-order valence-electron chi connectivity index (χ1n) is 8.93. The Morgan fingerprint density at radius 2 is 2.00 bits per heavy atom. The Labute approximate surface area is 174 Å². The zero-order valence-corrected chi connectivity index (χ0v) is 18.1. The molecule has 0 saturated heterocycles. The van der Waals surface area contributed by atoms with Crippen LogP contribution < -0.4 is 4.90 Å². The number of thiazole rings is 1. The minimum atomic E-state index is -0.375. The Kier molecular flexibility index (Phi) is 7.51. The fourth-order valence-corrected chi connectivity index (χ4v) is 3.73. The number of nitrogens with zero attached hydrogens (tertiary/aromatic N) is 5. The Bertz CT molecular complexity index is 939. The van der Waals surface area contributed by atoms with Crippen LogP contribution in [0.25, 0.3) is 10.2 Å². The fraction of sp³-hybridized carbons (Fsp3) is 0.421. The molecule has 0 radical (unpaired) electrons. The lowest BCUT2D eigenvalue weighted by molar-refractivity contribution is 0.0980. The van der Waals surface area contributed by atoms with Gasteiger partial charge in [0.15, 0.2) is 10.8 Å². The van der Waals surface area contributed by atoms with E-state index in [-0.39, 0.29) is 30.2 Å². The van der Waals surface area contributed by atoms with Crippen LogP contribution >= 0.6 is 23.7 Å². The smallest absolute Gasteiger partial charge is 0.280 e. The van der Waals surface area contributed by atoms with Crippen molar-refractivity contribution in [1.82, 2.24) is 19.7 Å². The number of amides is 1. The van der Waals surface area contributed by atoms with E-state index in [2.05, 4.69) is 15.0 Å². The Hall–Kier alpha value is -2.03. The molecule has 0 bridgehead atoms. The predicted molar refractivity (Wildman–Crippen MR) is 114 cm³/mol. The molecular formula is C19H25ClFN5OS. The molecule has 3 aromatic rings. The van der Waals surface area contributed by atoms with Gasteiger partial charge in [-0.1, -0.05) is 17.4 Å². The van der Waals surface area contributed by atoms with Crippen molar-refractivity contribution >= 4 is 45.0 Å². The Morgan fingerprint density at radius 3 is 2.61 bits per heavy atom. The molecule has 1 amide bonds. The third-order valence-corrected chi connectivity index (χ3v) is 5.22.